The Morgan fingerprint density at radius 1 is 1.12 bits per heavy atom. The van der Waals surface area contributed by atoms with Crippen LogP contribution in [0.3, 0.4) is 0 Å². The molecule has 4 heteroatoms. The van der Waals surface area contributed by atoms with Crippen LogP contribution in [0, 0.1) is 0 Å². The van der Waals surface area contributed by atoms with E-state index in [1.165, 1.54) is 6.54 Å². The Morgan fingerprint density at radius 2 is 1.65 bits per heavy atom. The van der Waals surface area contributed by atoms with Crippen molar-refractivity contribution in [3.63, 3.8) is 0 Å². The van der Waals surface area contributed by atoms with Gasteiger partial charge in [-0.2, -0.15) is 0 Å². The first-order chi connectivity index (χ1) is 7.45. The smallest absolute Gasteiger partial charge is 0.192 e. The average molecular weight is 274 g/mol. The highest BCUT2D eigenvalue weighted by molar-refractivity contribution is 6.78. The zero-order chi connectivity index (χ0) is 13.5. The Bertz CT molecular complexity index is 266. The normalized spacial score (nSPS) is 26.1. The molecule has 0 spiro atoms. The van der Waals surface area contributed by atoms with Gasteiger partial charge in [-0.05, 0) is 18.1 Å². The largest absolute Gasteiger partial charge is 0.416 e. The molecule has 1 heterocycles. The molecule has 0 bridgehead atoms. The van der Waals surface area contributed by atoms with Crippen molar-refractivity contribution in [3.05, 3.63) is 0 Å². The molecule has 0 aromatic heterocycles. The fourth-order valence-corrected chi connectivity index (χ4v) is 4.92. The number of rotatable bonds is 5. The summed E-state index contributed by atoms with van der Waals surface area (Å²) in [6.07, 6.45) is 0. The molecule has 1 aliphatic rings. The van der Waals surface area contributed by atoms with E-state index in [4.69, 9.17) is 4.43 Å². The molecule has 102 valence electrons. The topological polar surface area (TPSA) is 12.2 Å². The Morgan fingerprint density at radius 3 is 2.00 bits per heavy atom. The summed E-state index contributed by atoms with van der Waals surface area (Å²) in [5.74, 6) is 0. The van der Waals surface area contributed by atoms with E-state index in [1.54, 1.807) is 0 Å². The first kappa shape index (κ1) is 15.4. The van der Waals surface area contributed by atoms with E-state index in [-0.39, 0.29) is 0 Å². The lowest BCUT2D eigenvalue weighted by Gasteiger charge is -2.36. The van der Waals surface area contributed by atoms with E-state index in [0.29, 0.717) is 5.04 Å². The second kappa shape index (κ2) is 4.80. The molecule has 0 radical (unpaired) electrons. The number of nitrogens with zero attached hydrogens (tertiary/aromatic N) is 1. The van der Waals surface area contributed by atoms with Gasteiger partial charge in [0.05, 0.1) is 8.07 Å². The molecule has 0 aliphatic carbocycles. The Hall–Kier alpha value is 0.354. The van der Waals surface area contributed by atoms with Gasteiger partial charge < -0.3 is 4.43 Å². The van der Waals surface area contributed by atoms with Gasteiger partial charge in [-0.3, -0.25) is 4.90 Å². The van der Waals surface area contributed by atoms with Crippen molar-refractivity contribution in [3.8, 4) is 0 Å². The van der Waals surface area contributed by atoms with Gasteiger partial charge in [0.1, 0.15) is 0 Å². The van der Waals surface area contributed by atoms with Crippen molar-refractivity contribution in [1.82, 2.24) is 4.90 Å². The van der Waals surface area contributed by atoms with E-state index in [1.807, 2.05) is 0 Å². The van der Waals surface area contributed by atoms with Crippen LogP contribution in [0.4, 0.5) is 0 Å². The summed E-state index contributed by atoms with van der Waals surface area (Å²) >= 11 is 0. The molecular weight excluding hydrogens is 242 g/mol. The number of hydrogen-bond acceptors (Lipinski definition) is 2. The van der Waals surface area contributed by atoms with Gasteiger partial charge in [0, 0.05) is 25.4 Å². The van der Waals surface area contributed by atoms with Crippen molar-refractivity contribution in [1.29, 1.82) is 0 Å². The van der Waals surface area contributed by atoms with Crippen LogP contribution in [0.5, 0.6) is 0 Å². The molecule has 0 aromatic carbocycles. The molecule has 1 aliphatic heterocycles. The molecule has 0 saturated carbocycles. The van der Waals surface area contributed by atoms with Crippen LogP contribution in [0.25, 0.3) is 0 Å². The monoisotopic (exact) mass is 273 g/mol. The lowest BCUT2D eigenvalue weighted by atomic mass is 10.2. The molecule has 1 rings (SSSR count). The molecule has 1 fully saturated rings. The molecular formula is C13H31NOSi2. The lowest BCUT2D eigenvalue weighted by molar-refractivity contribution is 0.265. The molecule has 17 heavy (non-hydrogen) atoms. The van der Waals surface area contributed by atoms with Crippen LogP contribution in [-0.2, 0) is 4.43 Å². The van der Waals surface area contributed by atoms with Gasteiger partial charge >= 0.3 is 0 Å². The highest BCUT2D eigenvalue weighted by atomic mass is 28.4. The average Bonchev–Trinajstić information content (AvgIpc) is 2.79. The molecule has 2 atom stereocenters. The molecule has 0 N–H and O–H groups in total. The first-order valence-corrected chi connectivity index (χ1v) is 13.3. The summed E-state index contributed by atoms with van der Waals surface area (Å²) in [5.41, 5.74) is 0.908. The quantitative estimate of drug-likeness (QED) is 0.561. The fraction of sp³-hybridized carbons (Fsp3) is 1.00. The van der Waals surface area contributed by atoms with E-state index in [9.17, 15) is 0 Å². The van der Waals surface area contributed by atoms with Crippen molar-refractivity contribution in [2.75, 3.05) is 19.7 Å². The second-order valence-corrected chi connectivity index (χ2v) is 18.2. The highest BCUT2D eigenvalue weighted by Crippen LogP contribution is 2.36. The lowest BCUT2D eigenvalue weighted by Crippen LogP contribution is -2.42. The third kappa shape index (κ3) is 4.19. The molecule has 1 unspecified atom stereocenters. The predicted molar refractivity (Wildman–Crippen MR) is 81.9 cm³/mol. The van der Waals surface area contributed by atoms with Gasteiger partial charge in [0.15, 0.2) is 8.32 Å². The maximum absolute atomic E-state index is 6.22. The van der Waals surface area contributed by atoms with E-state index in [2.05, 4.69) is 58.4 Å². The highest BCUT2D eigenvalue weighted by Gasteiger charge is 2.44. The van der Waals surface area contributed by atoms with Crippen molar-refractivity contribution in [2.45, 2.75) is 64.2 Å². The van der Waals surface area contributed by atoms with Crippen LogP contribution in [0.1, 0.15) is 20.8 Å². The van der Waals surface area contributed by atoms with Crippen LogP contribution in [0.2, 0.25) is 37.8 Å². The van der Waals surface area contributed by atoms with E-state index < -0.39 is 16.4 Å². The first-order valence-electron chi connectivity index (χ1n) is 6.83. The fourth-order valence-electron chi connectivity index (χ4n) is 1.88. The van der Waals surface area contributed by atoms with Gasteiger partial charge in [0.25, 0.3) is 0 Å². The zero-order valence-corrected chi connectivity index (χ0v) is 15.1. The maximum atomic E-state index is 6.22. The van der Waals surface area contributed by atoms with Crippen molar-refractivity contribution < 1.29 is 4.43 Å². The van der Waals surface area contributed by atoms with Crippen molar-refractivity contribution >= 4 is 16.4 Å². The summed E-state index contributed by atoms with van der Waals surface area (Å²) < 4.78 is 6.22. The van der Waals surface area contributed by atoms with Gasteiger partial charge in [-0.25, -0.2) is 0 Å². The minimum Gasteiger partial charge on any atom is -0.416 e. The summed E-state index contributed by atoms with van der Waals surface area (Å²) in [4.78, 5) is 2.60. The minimum absolute atomic E-state index is 0.337. The third-order valence-electron chi connectivity index (χ3n) is 4.36. The van der Waals surface area contributed by atoms with Crippen molar-refractivity contribution in [2.24, 2.45) is 0 Å². The molecule has 0 amide bonds. The summed E-state index contributed by atoms with van der Waals surface area (Å²) in [7, 11) is -2.46. The Kier molecular flexibility index (Phi) is 4.35. The Labute approximate surface area is 110 Å². The molecule has 1 saturated heterocycles. The standard InChI is InChI=1S/C13H31NOSi2/c1-13(2,3)17(7,8)15-10-9-14-11-12(14)16(4,5)6/h12H,9-11H2,1-8H3/t12-,14?/m1/s1. The van der Waals surface area contributed by atoms with Gasteiger partial charge in [-0.1, -0.05) is 40.4 Å². The SMILES string of the molecule is CC(C)(C)[Si](C)(C)OCCN1C[C@H]1[Si](C)(C)C. The third-order valence-corrected chi connectivity index (χ3v) is 11.4. The summed E-state index contributed by atoms with van der Waals surface area (Å²) in [5, 5.41) is 0.337. The van der Waals surface area contributed by atoms with Gasteiger partial charge in [-0.15, -0.1) is 0 Å². The van der Waals surface area contributed by atoms with Gasteiger partial charge in [0.2, 0.25) is 0 Å². The molecule has 0 aromatic rings. The van der Waals surface area contributed by atoms with Crippen LogP contribution >= 0.6 is 0 Å². The molecule has 2 nitrogen and oxygen atoms in total. The zero-order valence-electron chi connectivity index (χ0n) is 13.1. The van der Waals surface area contributed by atoms with Crippen LogP contribution in [-0.4, -0.2) is 46.7 Å². The predicted octanol–water partition coefficient (Wildman–Crippen LogP) is 3.57. The maximum Gasteiger partial charge on any atom is 0.192 e. The Balaban J connectivity index is 2.27. The minimum atomic E-state index is -1.53. The summed E-state index contributed by atoms with van der Waals surface area (Å²) in [6, 6.07) is 0. The summed E-state index contributed by atoms with van der Waals surface area (Å²) in [6.45, 7) is 22.4. The second-order valence-electron chi connectivity index (χ2n) is 7.99. The van der Waals surface area contributed by atoms with E-state index >= 15 is 0 Å². The van der Waals surface area contributed by atoms with Crippen LogP contribution in [0.15, 0.2) is 0 Å². The van der Waals surface area contributed by atoms with Crippen LogP contribution < -0.4 is 0 Å². The number of hydrogen-bond donors (Lipinski definition) is 0. The van der Waals surface area contributed by atoms with E-state index in [0.717, 1.165) is 18.8 Å².